The first-order valence-corrected chi connectivity index (χ1v) is 11.2. The lowest BCUT2D eigenvalue weighted by Gasteiger charge is -2.12. The standard InChI is InChI=1S/C26H25ClN2O5/c1-3-15-33-20-12-10-19(11-13-20)26(31)34-23-14-9-18(16-24(23)32-4-2)17-28-29-25(30)21-7-5-6-8-22(21)27/h5-14,16-17H,3-4,15H2,1-2H3,(H,29,30)/b28-17-. The summed E-state index contributed by atoms with van der Waals surface area (Å²) >= 11 is 6.02. The number of nitrogens with one attached hydrogen (secondary N) is 1. The summed E-state index contributed by atoms with van der Waals surface area (Å²) in [6.07, 6.45) is 2.36. The molecule has 0 aliphatic carbocycles. The molecule has 176 valence electrons. The minimum Gasteiger partial charge on any atom is -0.494 e. The van der Waals surface area contributed by atoms with Gasteiger partial charge in [0.2, 0.25) is 0 Å². The predicted octanol–water partition coefficient (Wildman–Crippen LogP) is 5.51. The maximum absolute atomic E-state index is 12.6. The molecule has 0 atom stereocenters. The third-order valence-corrected chi connectivity index (χ3v) is 4.86. The molecule has 3 aromatic rings. The van der Waals surface area contributed by atoms with E-state index in [4.69, 9.17) is 25.8 Å². The largest absolute Gasteiger partial charge is 0.494 e. The highest BCUT2D eigenvalue weighted by atomic mass is 35.5. The summed E-state index contributed by atoms with van der Waals surface area (Å²) in [7, 11) is 0. The molecule has 0 aliphatic heterocycles. The third-order valence-electron chi connectivity index (χ3n) is 4.53. The Balaban J connectivity index is 1.67. The van der Waals surface area contributed by atoms with Crippen LogP contribution in [0.25, 0.3) is 0 Å². The zero-order valence-corrected chi connectivity index (χ0v) is 19.7. The second-order valence-electron chi connectivity index (χ2n) is 7.08. The number of carbonyl (C=O) groups excluding carboxylic acids is 2. The Morgan fingerprint density at radius 1 is 0.971 bits per heavy atom. The van der Waals surface area contributed by atoms with E-state index in [1.54, 1.807) is 66.7 Å². The number of amides is 1. The summed E-state index contributed by atoms with van der Waals surface area (Å²) in [5.74, 6) is 0.397. The Kier molecular flexibility index (Phi) is 9.05. The molecule has 0 spiro atoms. The van der Waals surface area contributed by atoms with Gasteiger partial charge in [-0.1, -0.05) is 30.7 Å². The van der Waals surface area contributed by atoms with Crippen LogP contribution >= 0.6 is 11.6 Å². The van der Waals surface area contributed by atoms with E-state index in [0.717, 1.165) is 6.42 Å². The van der Waals surface area contributed by atoms with Crippen LogP contribution in [0, 0.1) is 0 Å². The maximum atomic E-state index is 12.6. The molecular formula is C26H25ClN2O5. The zero-order valence-electron chi connectivity index (χ0n) is 18.9. The van der Waals surface area contributed by atoms with Gasteiger partial charge in [0, 0.05) is 0 Å². The molecule has 0 radical (unpaired) electrons. The summed E-state index contributed by atoms with van der Waals surface area (Å²) in [6, 6.07) is 18.4. The maximum Gasteiger partial charge on any atom is 0.343 e. The van der Waals surface area contributed by atoms with Crippen LogP contribution in [0.3, 0.4) is 0 Å². The first-order chi connectivity index (χ1) is 16.5. The van der Waals surface area contributed by atoms with Crippen molar-refractivity contribution in [1.82, 2.24) is 5.43 Å². The molecule has 8 heteroatoms. The van der Waals surface area contributed by atoms with Crippen molar-refractivity contribution < 1.29 is 23.8 Å². The molecule has 7 nitrogen and oxygen atoms in total. The van der Waals surface area contributed by atoms with E-state index < -0.39 is 11.9 Å². The number of ether oxygens (including phenoxy) is 3. The highest BCUT2D eigenvalue weighted by molar-refractivity contribution is 6.33. The molecule has 3 aromatic carbocycles. The highest BCUT2D eigenvalue weighted by Gasteiger charge is 2.14. The monoisotopic (exact) mass is 480 g/mol. The van der Waals surface area contributed by atoms with Crippen LogP contribution in [0.4, 0.5) is 0 Å². The van der Waals surface area contributed by atoms with E-state index >= 15 is 0 Å². The van der Waals surface area contributed by atoms with Crippen molar-refractivity contribution in [3.63, 3.8) is 0 Å². The van der Waals surface area contributed by atoms with Crippen LogP contribution in [-0.2, 0) is 0 Å². The van der Waals surface area contributed by atoms with Gasteiger partial charge in [0.1, 0.15) is 5.75 Å². The molecule has 1 N–H and O–H groups in total. The molecule has 0 unspecified atom stereocenters. The molecular weight excluding hydrogens is 456 g/mol. The van der Waals surface area contributed by atoms with Crippen molar-refractivity contribution in [3.8, 4) is 17.2 Å². The van der Waals surface area contributed by atoms with Crippen molar-refractivity contribution in [2.75, 3.05) is 13.2 Å². The molecule has 0 heterocycles. The van der Waals surface area contributed by atoms with Gasteiger partial charge in [-0.3, -0.25) is 4.79 Å². The van der Waals surface area contributed by atoms with Gasteiger partial charge in [0.05, 0.1) is 35.6 Å². The van der Waals surface area contributed by atoms with Crippen LogP contribution in [0.2, 0.25) is 5.02 Å². The van der Waals surface area contributed by atoms with Crippen molar-refractivity contribution in [2.45, 2.75) is 20.3 Å². The second-order valence-corrected chi connectivity index (χ2v) is 7.49. The summed E-state index contributed by atoms with van der Waals surface area (Å²) in [6.45, 7) is 4.83. The van der Waals surface area contributed by atoms with Gasteiger partial charge in [-0.15, -0.1) is 0 Å². The van der Waals surface area contributed by atoms with Crippen molar-refractivity contribution in [2.24, 2.45) is 5.10 Å². The zero-order chi connectivity index (χ0) is 24.3. The fraction of sp³-hybridized carbons (Fsp3) is 0.192. The number of hydrogen-bond acceptors (Lipinski definition) is 6. The number of rotatable bonds is 10. The van der Waals surface area contributed by atoms with Gasteiger partial charge in [-0.25, -0.2) is 10.2 Å². The highest BCUT2D eigenvalue weighted by Crippen LogP contribution is 2.29. The average Bonchev–Trinajstić information content (AvgIpc) is 2.85. The number of nitrogens with zero attached hydrogens (tertiary/aromatic N) is 1. The number of carbonyl (C=O) groups is 2. The first kappa shape index (κ1) is 24.8. The number of hydrogen-bond donors (Lipinski definition) is 1. The molecule has 0 aromatic heterocycles. The number of benzene rings is 3. The van der Waals surface area contributed by atoms with E-state index in [-0.39, 0.29) is 5.75 Å². The van der Waals surface area contributed by atoms with Crippen molar-refractivity contribution in [1.29, 1.82) is 0 Å². The fourth-order valence-electron chi connectivity index (χ4n) is 2.89. The number of halogens is 1. The topological polar surface area (TPSA) is 86.2 Å². The van der Waals surface area contributed by atoms with Crippen LogP contribution < -0.4 is 19.6 Å². The van der Waals surface area contributed by atoms with Gasteiger partial charge in [0.25, 0.3) is 5.91 Å². The third kappa shape index (κ3) is 6.83. The number of hydrazone groups is 1. The summed E-state index contributed by atoms with van der Waals surface area (Å²) in [5.41, 5.74) is 3.78. The number of esters is 1. The lowest BCUT2D eigenvalue weighted by molar-refractivity contribution is 0.0728. The lowest BCUT2D eigenvalue weighted by atomic mass is 10.2. The summed E-state index contributed by atoms with van der Waals surface area (Å²) in [5, 5.41) is 4.31. The van der Waals surface area contributed by atoms with E-state index in [1.807, 2.05) is 13.8 Å². The molecule has 0 fully saturated rings. The Labute approximate surface area is 203 Å². The van der Waals surface area contributed by atoms with E-state index in [9.17, 15) is 9.59 Å². The van der Waals surface area contributed by atoms with Crippen LogP contribution in [0.15, 0.2) is 71.8 Å². The normalized spacial score (nSPS) is 10.7. The SMILES string of the molecule is CCCOc1ccc(C(=O)Oc2ccc(/C=N\NC(=O)c3ccccc3Cl)cc2OCC)cc1. The van der Waals surface area contributed by atoms with Crippen LogP contribution in [0.1, 0.15) is 46.5 Å². The summed E-state index contributed by atoms with van der Waals surface area (Å²) in [4.78, 5) is 24.8. The Morgan fingerprint density at radius 2 is 1.74 bits per heavy atom. The first-order valence-electron chi connectivity index (χ1n) is 10.8. The quantitative estimate of drug-likeness (QED) is 0.179. The Bertz CT molecular complexity index is 1160. The molecule has 34 heavy (non-hydrogen) atoms. The van der Waals surface area contributed by atoms with E-state index in [1.165, 1.54) is 6.21 Å². The van der Waals surface area contributed by atoms with Gasteiger partial charge < -0.3 is 14.2 Å². The van der Waals surface area contributed by atoms with Gasteiger partial charge in [-0.05, 0) is 73.5 Å². The molecule has 0 saturated carbocycles. The summed E-state index contributed by atoms with van der Waals surface area (Å²) < 4.78 is 16.7. The minimum atomic E-state index is -0.517. The minimum absolute atomic E-state index is 0.274. The molecule has 0 aliphatic rings. The van der Waals surface area contributed by atoms with E-state index in [0.29, 0.717) is 46.4 Å². The fourth-order valence-corrected chi connectivity index (χ4v) is 3.12. The average molecular weight is 481 g/mol. The van der Waals surface area contributed by atoms with Crippen molar-refractivity contribution >= 4 is 29.7 Å². The Hall–Kier alpha value is -3.84. The molecule has 0 bridgehead atoms. The Morgan fingerprint density at radius 3 is 2.44 bits per heavy atom. The lowest BCUT2D eigenvalue weighted by Crippen LogP contribution is -2.17. The molecule has 3 rings (SSSR count). The van der Waals surface area contributed by atoms with E-state index in [2.05, 4.69) is 10.5 Å². The van der Waals surface area contributed by atoms with Crippen molar-refractivity contribution in [3.05, 3.63) is 88.4 Å². The van der Waals surface area contributed by atoms with Crippen LogP contribution in [-0.4, -0.2) is 31.3 Å². The van der Waals surface area contributed by atoms with Gasteiger partial charge in [-0.2, -0.15) is 5.10 Å². The molecule has 1 amide bonds. The van der Waals surface area contributed by atoms with Crippen LogP contribution in [0.5, 0.6) is 17.2 Å². The van der Waals surface area contributed by atoms with Gasteiger partial charge >= 0.3 is 5.97 Å². The van der Waals surface area contributed by atoms with Gasteiger partial charge in [0.15, 0.2) is 11.5 Å². The predicted molar refractivity (Wildman–Crippen MR) is 131 cm³/mol. The smallest absolute Gasteiger partial charge is 0.343 e. The molecule has 0 saturated heterocycles. The second kappa shape index (κ2) is 12.4.